The third-order valence-electron chi connectivity index (χ3n) is 5.70. The predicted octanol–water partition coefficient (Wildman–Crippen LogP) is 2.56. The first kappa shape index (κ1) is 19.9. The number of likely N-dealkylation sites (tertiary alicyclic amines) is 1. The molecule has 0 bridgehead atoms. The summed E-state index contributed by atoms with van der Waals surface area (Å²) in [7, 11) is 0. The van der Waals surface area contributed by atoms with Crippen LogP contribution < -0.4 is 10.1 Å². The van der Waals surface area contributed by atoms with E-state index < -0.39 is 0 Å². The van der Waals surface area contributed by atoms with Gasteiger partial charge in [0.1, 0.15) is 11.9 Å². The summed E-state index contributed by atoms with van der Waals surface area (Å²) >= 11 is 0. The summed E-state index contributed by atoms with van der Waals surface area (Å²) in [5, 5.41) is 3.34. The molecule has 6 nitrogen and oxygen atoms in total. The van der Waals surface area contributed by atoms with E-state index in [4.69, 9.17) is 4.74 Å². The zero-order valence-electron chi connectivity index (χ0n) is 16.9. The maximum absolute atomic E-state index is 12.8. The SMILES string of the molecule is O=C(c1cccc(OC2CCN(Cc3ccncc3)CC2)c1)N1CCCNCC1. The summed E-state index contributed by atoms with van der Waals surface area (Å²) < 4.78 is 6.24. The molecule has 29 heavy (non-hydrogen) atoms. The van der Waals surface area contributed by atoms with E-state index in [2.05, 4.69) is 27.3 Å². The van der Waals surface area contributed by atoms with Crippen molar-refractivity contribution in [2.45, 2.75) is 31.9 Å². The Morgan fingerprint density at radius 1 is 1.07 bits per heavy atom. The number of hydrogen-bond acceptors (Lipinski definition) is 5. The molecule has 1 N–H and O–H groups in total. The van der Waals surface area contributed by atoms with E-state index in [0.717, 1.165) is 76.4 Å². The van der Waals surface area contributed by atoms with Crippen LogP contribution in [0.3, 0.4) is 0 Å². The lowest BCUT2D eigenvalue weighted by atomic mass is 10.1. The molecule has 0 aliphatic carbocycles. The average molecular weight is 395 g/mol. The van der Waals surface area contributed by atoms with Crippen LogP contribution in [-0.4, -0.2) is 66.1 Å². The van der Waals surface area contributed by atoms with Crippen LogP contribution in [0.5, 0.6) is 5.75 Å². The highest BCUT2D eigenvalue weighted by Gasteiger charge is 2.22. The monoisotopic (exact) mass is 394 g/mol. The number of nitrogens with one attached hydrogen (secondary N) is 1. The highest BCUT2D eigenvalue weighted by Crippen LogP contribution is 2.22. The van der Waals surface area contributed by atoms with E-state index in [1.165, 1.54) is 5.56 Å². The molecule has 0 radical (unpaired) electrons. The molecule has 0 atom stereocenters. The van der Waals surface area contributed by atoms with Crippen LogP contribution in [0.1, 0.15) is 35.2 Å². The minimum absolute atomic E-state index is 0.103. The fourth-order valence-electron chi connectivity index (χ4n) is 4.06. The van der Waals surface area contributed by atoms with Crippen LogP contribution in [0.4, 0.5) is 0 Å². The summed E-state index contributed by atoms with van der Waals surface area (Å²) in [5.41, 5.74) is 2.02. The van der Waals surface area contributed by atoms with Gasteiger partial charge in [0, 0.05) is 57.2 Å². The molecular formula is C23H30N4O2. The van der Waals surface area contributed by atoms with Crippen molar-refractivity contribution in [3.63, 3.8) is 0 Å². The van der Waals surface area contributed by atoms with Gasteiger partial charge in [0.25, 0.3) is 5.91 Å². The summed E-state index contributed by atoms with van der Waals surface area (Å²) in [6.07, 6.45) is 6.90. The lowest BCUT2D eigenvalue weighted by molar-refractivity contribution is 0.0763. The fourth-order valence-corrected chi connectivity index (χ4v) is 4.06. The van der Waals surface area contributed by atoms with Crippen LogP contribution >= 0.6 is 0 Å². The van der Waals surface area contributed by atoms with E-state index in [1.54, 1.807) is 0 Å². The standard InChI is InChI=1S/C23H30N4O2/c28-23(27-13-2-9-24-12-16-27)20-3-1-4-22(17-20)29-21-7-14-26(15-8-21)18-19-5-10-25-11-6-19/h1,3-6,10-11,17,21,24H,2,7-9,12-16,18H2. The maximum Gasteiger partial charge on any atom is 0.254 e. The van der Waals surface area contributed by atoms with Crippen molar-refractivity contribution < 1.29 is 9.53 Å². The van der Waals surface area contributed by atoms with Crippen LogP contribution in [0.25, 0.3) is 0 Å². The molecule has 1 aromatic carbocycles. The predicted molar refractivity (Wildman–Crippen MR) is 113 cm³/mol. The number of nitrogens with zero attached hydrogens (tertiary/aromatic N) is 3. The Hall–Kier alpha value is -2.44. The van der Waals surface area contributed by atoms with Crippen LogP contribution in [0.2, 0.25) is 0 Å². The molecule has 2 aliphatic rings. The number of carbonyl (C=O) groups is 1. The first-order chi connectivity index (χ1) is 14.3. The number of pyridine rings is 1. The lowest BCUT2D eigenvalue weighted by Gasteiger charge is -2.32. The second-order valence-corrected chi connectivity index (χ2v) is 7.87. The van der Waals surface area contributed by atoms with Gasteiger partial charge in [-0.05, 0) is 61.7 Å². The summed E-state index contributed by atoms with van der Waals surface area (Å²) in [6, 6.07) is 11.8. The number of amides is 1. The van der Waals surface area contributed by atoms with E-state index in [0.29, 0.717) is 0 Å². The minimum atomic E-state index is 0.103. The van der Waals surface area contributed by atoms with Crippen molar-refractivity contribution in [2.24, 2.45) is 0 Å². The molecule has 154 valence electrons. The Labute approximate surface area is 172 Å². The molecule has 6 heteroatoms. The fraction of sp³-hybridized carbons (Fsp3) is 0.478. The second kappa shape index (κ2) is 9.85. The van der Waals surface area contributed by atoms with Gasteiger partial charge in [-0.2, -0.15) is 0 Å². The second-order valence-electron chi connectivity index (χ2n) is 7.87. The van der Waals surface area contributed by atoms with Gasteiger partial charge in [0.05, 0.1) is 0 Å². The number of carbonyl (C=O) groups excluding carboxylic acids is 1. The van der Waals surface area contributed by atoms with Crippen molar-refractivity contribution in [3.8, 4) is 5.75 Å². The van der Waals surface area contributed by atoms with Gasteiger partial charge >= 0.3 is 0 Å². The van der Waals surface area contributed by atoms with E-state index in [1.807, 2.05) is 41.6 Å². The molecule has 2 aliphatic heterocycles. The molecule has 0 unspecified atom stereocenters. The third kappa shape index (κ3) is 5.55. The topological polar surface area (TPSA) is 57.7 Å². The normalized spacial score (nSPS) is 19.0. The quantitative estimate of drug-likeness (QED) is 0.845. The van der Waals surface area contributed by atoms with Gasteiger partial charge < -0.3 is 15.0 Å². The van der Waals surface area contributed by atoms with Gasteiger partial charge in [-0.1, -0.05) is 6.07 Å². The zero-order chi connectivity index (χ0) is 19.9. The van der Waals surface area contributed by atoms with E-state index >= 15 is 0 Å². The largest absolute Gasteiger partial charge is 0.490 e. The number of piperidine rings is 1. The Kier molecular flexibility index (Phi) is 6.75. The van der Waals surface area contributed by atoms with Crippen molar-refractivity contribution in [1.29, 1.82) is 0 Å². The molecule has 0 spiro atoms. The van der Waals surface area contributed by atoms with Crippen LogP contribution in [0.15, 0.2) is 48.8 Å². The first-order valence-corrected chi connectivity index (χ1v) is 10.7. The lowest BCUT2D eigenvalue weighted by Crippen LogP contribution is -2.37. The van der Waals surface area contributed by atoms with Crippen LogP contribution in [-0.2, 0) is 6.54 Å². The molecule has 0 saturated carbocycles. The molecule has 2 saturated heterocycles. The number of aromatic nitrogens is 1. The Balaban J connectivity index is 1.30. The number of hydrogen-bond donors (Lipinski definition) is 1. The van der Waals surface area contributed by atoms with Crippen molar-refractivity contribution in [2.75, 3.05) is 39.3 Å². The van der Waals surface area contributed by atoms with Gasteiger partial charge in [-0.25, -0.2) is 0 Å². The van der Waals surface area contributed by atoms with Crippen molar-refractivity contribution >= 4 is 5.91 Å². The highest BCUT2D eigenvalue weighted by molar-refractivity contribution is 5.94. The molecule has 3 heterocycles. The van der Waals surface area contributed by atoms with Crippen LogP contribution in [0, 0.1) is 0 Å². The summed E-state index contributed by atoms with van der Waals surface area (Å²) in [5.74, 6) is 0.905. The van der Waals surface area contributed by atoms with Gasteiger partial charge in [0.2, 0.25) is 0 Å². The van der Waals surface area contributed by atoms with E-state index in [9.17, 15) is 4.79 Å². The van der Waals surface area contributed by atoms with E-state index in [-0.39, 0.29) is 12.0 Å². The number of rotatable bonds is 5. The van der Waals surface area contributed by atoms with Gasteiger partial charge in [0.15, 0.2) is 0 Å². The molecule has 2 aromatic rings. The molecule has 1 aromatic heterocycles. The third-order valence-corrected chi connectivity index (χ3v) is 5.70. The molecule has 2 fully saturated rings. The summed E-state index contributed by atoms with van der Waals surface area (Å²) in [4.78, 5) is 21.3. The van der Waals surface area contributed by atoms with Crippen molar-refractivity contribution in [3.05, 3.63) is 59.9 Å². The average Bonchev–Trinajstić information content (AvgIpc) is 3.05. The van der Waals surface area contributed by atoms with Gasteiger partial charge in [-0.3, -0.25) is 14.7 Å². The highest BCUT2D eigenvalue weighted by atomic mass is 16.5. The smallest absolute Gasteiger partial charge is 0.254 e. The zero-order valence-corrected chi connectivity index (χ0v) is 16.9. The summed E-state index contributed by atoms with van der Waals surface area (Å²) in [6.45, 7) is 6.42. The van der Waals surface area contributed by atoms with Gasteiger partial charge in [-0.15, -0.1) is 0 Å². The first-order valence-electron chi connectivity index (χ1n) is 10.7. The Morgan fingerprint density at radius 2 is 1.90 bits per heavy atom. The molecule has 4 rings (SSSR count). The minimum Gasteiger partial charge on any atom is -0.490 e. The maximum atomic E-state index is 12.8. The Bertz CT molecular complexity index is 782. The molecular weight excluding hydrogens is 364 g/mol. The number of ether oxygens (including phenoxy) is 1. The number of benzene rings is 1. The van der Waals surface area contributed by atoms with Crippen molar-refractivity contribution in [1.82, 2.24) is 20.1 Å². The molecule has 1 amide bonds. The Morgan fingerprint density at radius 3 is 2.72 bits per heavy atom.